The monoisotopic (exact) mass is 631 g/mol. The molecule has 3 N–H and O–H groups in total. The molecule has 0 fully saturated rings. The molecule has 3 aromatic carbocycles. The number of anilines is 5. The van der Waals surface area contributed by atoms with Gasteiger partial charge in [0, 0.05) is 49.1 Å². The summed E-state index contributed by atoms with van der Waals surface area (Å²) >= 11 is 5.16. The Morgan fingerprint density at radius 3 is 1.77 bits per heavy atom. The minimum absolute atomic E-state index is 0.0475. The molecule has 1 aromatic heterocycles. The van der Waals surface area contributed by atoms with Crippen LogP contribution in [0.2, 0.25) is 0 Å². The fourth-order valence-corrected chi connectivity index (χ4v) is 4.17. The lowest BCUT2D eigenvalue weighted by molar-refractivity contribution is -0.143. The molecular formula is C30H27F6N7S. The highest BCUT2D eigenvalue weighted by atomic mass is 32.1. The van der Waals surface area contributed by atoms with E-state index >= 15 is 0 Å². The number of nitrogens with zero attached hydrogens (tertiary/aromatic N) is 4. The van der Waals surface area contributed by atoms with Gasteiger partial charge in [0.15, 0.2) is 5.11 Å². The molecule has 0 spiro atoms. The van der Waals surface area contributed by atoms with E-state index in [1.54, 1.807) is 24.4 Å². The van der Waals surface area contributed by atoms with Gasteiger partial charge in [0.25, 0.3) is 0 Å². The van der Waals surface area contributed by atoms with Gasteiger partial charge in [0.1, 0.15) is 5.82 Å². The van der Waals surface area contributed by atoms with Crippen LogP contribution in [0.25, 0.3) is 0 Å². The third-order valence-corrected chi connectivity index (χ3v) is 6.52. The molecule has 0 aliphatic heterocycles. The van der Waals surface area contributed by atoms with E-state index in [0.717, 1.165) is 22.5 Å². The number of pyridine rings is 1. The molecule has 0 amide bonds. The number of thiocarbonyl (C=S) groups is 1. The molecule has 4 rings (SSSR count). The number of nitrogens with one attached hydrogen (secondary N) is 3. The largest absolute Gasteiger partial charge is 0.416 e. The Balaban J connectivity index is 1.51. The Hall–Kier alpha value is -4.72. The third kappa shape index (κ3) is 8.43. The number of aromatic nitrogens is 1. The molecule has 0 radical (unpaired) electrons. The standard InChI is InChI=1S/C30H27F6N7S/c1-17-5-7-21(38-27-16-24(43(3)4)9-10-37-27)14-25(17)41-42-26-15-22(8-6-18(26)2)39-28(44)40-23-12-19(29(31,32)33)11-20(13-23)30(34,35)36/h5-16H,1-4H3,(H,37,38)(H2,39,40,44). The molecule has 4 aromatic rings. The highest BCUT2D eigenvalue weighted by molar-refractivity contribution is 7.80. The van der Waals surface area contributed by atoms with Crippen LogP contribution in [0.15, 0.2) is 83.2 Å². The zero-order chi connectivity index (χ0) is 32.2. The molecule has 14 heteroatoms. The maximum absolute atomic E-state index is 13.2. The number of rotatable bonds is 7. The molecular weight excluding hydrogens is 604 g/mol. The van der Waals surface area contributed by atoms with Crippen molar-refractivity contribution in [3.05, 3.63) is 95.2 Å². The van der Waals surface area contributed by atoms with E-state index in [9.17, 15) is 26.3 Å². The smallest absolute Gasteiger partial charge is 0.378 e. The molecule has 0 aliphatic carbocycles. The summed E-state index contributed by atoms with van der Waals surface area (Å²) in [7, 11) is 3.87. The first-order valence-corrected chi connectivity index (χ1v) is 13.4. The number of benzene rings is 3. The lowest BCUT2D eigenvalue weighted by Crippen LogP contribution is -2.20. The summed E-state index contributed by atoms with van der Waals surface area (Å²) in [5, 5.41) is 17.0. The van der Waals surface area contributed by atoms with E-state index in [4.69, 9.17) is 12.2 Å². The summed E-state index contributed by atoms with van der Waals surface area (Å²) in [6.07, 6.45) is -8.26. The zero-order valence-corrected chi connectivity index (χ0v) is 24.7. The zero-order valence-electron chi connectivity index (χ0n) is 23.9. The summed E-state index contributed by atoms with van der Waals surface area (Å²) in [6, 6.07) is 15.5. The molecule has 0 aliphatic rings. The molecule has 0 saturated heterocycles. The number of hydrogen-bond donors (Lipinski definition) is 3. The van der Waals surface area contributed by atoms with Crippen LogP contribution in [0.5, 0.6) is 0 Å². The van der Waals surface area contributed by atoms with Crippen LogP contribution >= 0.6 is 12.2 Å². The second-order valence-corrected chi connectivity index (χ2v) is 10.4. The van der Waals surface area contributed by atoms with E-state index in [1.807, 2.05) is 63.2 Å². The molecule has 0 unspecified atom stereocenters. The average molecular weight is 632 g/mol. The first-order valence-electron chi connectivity index (χ1n) is 13.0. The predicted molar refractivity (Wildman–Crippen MR) is 165 cm³/mol. The second-order valence-electron chi connectivity index (χ2n) is 9.99. The van der Waals surface area contributed by atoms with Gasteiger partial charge in [-0.05, 0) is 85.7 Å². The first-order chi connectivity index (χ1) is 20.6. The Labute approximate surface area is 255 Å². The molecule has 230 valence electrons. The fourth-order valence-electron chi connectivity index (χ4n) is 3.93. The molecule has 0 saturated carbocycles. The molecule has 0 bridgehead atoms. The fraction of sp³-hybridized carbons (Fsp3) is 0.200. The summed E-state index contributed by atoms with van der Waals surface area (Å²) in [5.41, 5.74) is 1.44. The van der Waals surface area contributed by atoms with Crippen LogP contribution in [0, 0.1) is 13.8 Å². The predicted octanol–water partition coefficient (Wildman–Crippen LogP) is 9.77. The van der Waals surface area contributed by atoms with E-state index in [-0.39, 0.29) is 11.2 Å². The highest BCUT2D eigenvalue weighted by Crippen LogP contribution is 2.38. The van der Waals surface area contributed by atoms with Crippen LogP contribution in [-0.4, -0.2) is 24.2 Å². The quantitative estimate of drug-likeness (QED) is 0.107. The van der Waals surface area contributed by atoms with Gasteiger partial charge in [-0.2, -0.15) is 36.6 Å². The van der Waals surface area contributed by atoms with Crippen molar-refractivity contribution in [1.82, 2.24) is 4.98 Å². The summed E-state index contributed by atoms with van der Waals surface area (Å²) in [6.45, 7) is 3.69. The number of halogens is 6. The van der Waals surface area contributed by atoms with Gasteiger partial charge in [-0.3, -0.25) is 0 Å². The van der Waals surface area contributed by atoms with Gasteiger partial charge in [0.05, 0.1) is 22.5 Å². The number of hydrogen-bond acceptors (Lipinski definition) is 6. The van der Waals surface area contributed by atoms with Gasteiger partial charge in [0.2, 0.25) is 0 Å². The number of aryl methyl sites for hydroxylation is 2. The maximum Gasteiger partial charge on any atom is 0.416 e. The van der Waals surface area contributed by atoms with Crippen molar-refractivity contribution >= 4 is 57.3 Å². The van der Waals surface area contributed by atoms with Gasteiger partial charge < -0.3 is 20.9 Å². The Morgan fingerprint density at radius 1 is 0.705 bits per heavy atom. The van der Waals surface area contributed by atoms with Crippen LogP contribution < -0.4 is 20.9 Å². The number of azo groups is 1. The van der Waals surface area contributed by atoms with Crippen molar-refractivity contribution in [2.45, 2.75) is 26.2 Å². The van der Waals surface area contributed by atoms with E-state index in [1.165, 1.54) is 0 Å². The lowest BCUT2D eigenvalue weighted by Gasteiger charge is -2.16. The van der Waals surface area contributed by atoms with E-state index < -0.39 is 29.2 Å². The highest BCUT2D eigenvalue weighted by Gasteiger charge is 2.37. The normalized spacial score (nSPS) is 11.9. The summed E-state index contributed by atoms with van der Waals surface area (Å²) < 4.78 is 79.3. The van der Waals surface area contributed by atoms with Crippen molar-refractivity contribution in [1.29, 1.82) is 0 Å². The van der Waals surface area contributed by atoms with Gasteiger partial charge >= 0.3 is 12.4 Å². The van der Waals surface area contributed by atoms with Crippen molar-refractivity contribution in [3.8, 4) is 0 Å². The Morgan fingerprint density at radius 2 is 1.23 bits per heavy atom. The van der Waals surface area contributed by atoms with Crippen molar-refractivity contribution in [2.75, 3.05) is 34.9 Å². The SMILES string of the molecule is Cc1ccc(NC(=S)Nc2cc(C(F)(F)F)cc(C(F)(F)F)c2)cc1N=Nc1cc(Nc2cc(N(C)C)ccn2)ccc1C. The van der Waals surface area contributed by atoms with E-state index in [0.29, 0.717) is 35.0 Å². The summed E-state index contributed by atoms with van der Waals surface area (Å²) in [5.74, 6) is 0.655. The molecule has 7 nitrogen and oxygen atoms in total. The minimum atomic E-state index is -4.98. The number of alkyl halides is 6. The van der Waals surface area contributed by atoms with Crippen molar-refractivity contribution in [3.63, 3.8) is 0 Å². The van der Waals surface area contributed by atoms with Crippen LogP contribution in [-0.2, 0) is 12.4 Å². The minimum Gasteiger partial charge on any atom is -0.378 e. The third-order valence-electron chi connectivity index (χ3n) is 6.32. The van der Waals surface area contributed by atoms with Crippen LogP contribution in [0.4, 0.5) is 66.3 Å². The topological polar surface area (TPSA) is 76.9 Å². The van der Waals surface area contributed by atoms with E-state index in [2.05, 4.69) is 31.2 Å². The van der Waals surface area contributed by atoms with Crippen LogP contribution in [0.1, 0.15) is 22.3 Å². The van der Waals surface area contributed by atoms with Crippen molar-refractivity contribution < 1.29 is 26.3 Å². The average Bonchev–Trinajstić information content (AvgIpc) is 2.93. The van der Waals surface area contributed by atoms with Gasteiger partial charge in [-0.15, -0.1) is 0 Å². The van der Waals surface area contributed by atoms with Crippen LogP contribution in [0.3, 0.4) is 0 Å². The second kappa shape index (κ2) is 12.9. The van der Waals surface area contributed by atoms with Crippen molar-refractivity contribution in [2.24, 2.45) is 10.2 Å². The van der Waals surface area contributed by atoms with Gasteiger partial charge in [-0.1, -0.05) is 12.1 Å². The molecule has 1 heterocycles. The maximum atomic E-state index is 13.2. The molecule has 0 atom stereocenters. The Bertz CT molecular complexity index is 1670. The lowest BCUT2D eigenvalue weighted by atomic mass is 10.1. The first kappa shape index (κ1) is 32.2. The van der Waals surface area contributed by atoms with Gasteiger partial charge in [-0.25, -0.2) is 4.98 Å². The Kier molecular flexibility index (Phi) is 9.42. The molecule has 44 heavy (non-hydrogen) atoms. The summed E-state index contributed by atoms with van der Waals surface area (Å²) in [4.78, 5) is 6.31.